The van der Waals surface area contributed by atoms with E-state index >= 15 is 0 Å². The number of rotatable bonds is 6. The van der Waals surface area contributed by atoms with Crippen LogP contribution in [0.5, 0.6) is 0 Å². The summed E-state index contributed by atoms with van der Waals surface area (Å²) in [6.07, 6.45) is 6.68. The molecule has 0 N–H and O–H groups in total. The zero-order chi connectivity index (χ0) is 53.6. The molecule has 2 radical (unpaired) electrons. The van der Waals surface area contributed by atoms with Crippen LogP contribution in [0.25, 0.3) is 89.2 Å². The molecular formula is C63H52Ir2N6O2-4. The quantitative estimate of drug-likeness (QED) is 0.152. The molecule has 0 saturated carbocycles. The number of nitrogens with zero attached hydrogens (tertiary/aromatic N) is 6. The van der Waals surface area contributed by atoms with Gasteiger partial charge in [-0.2, -0.15) is 0 Å². The third-order valence-electron chi connectivity index (χ3n) is 11.4. The fraction of sp³-hybridized carbons (Fsp3) is 0.143. The van der Waals surface area contributed by atoms with Crippen molar-refractivity contribution in [2.24, 2.45) is 0 Å². The average Bonchev–Trinajstić information content (AvgIpc) is 4.06. The van der Waals surface area contributed by atoms with E-state index in [1.165, 1.54) is 6.20 Å². The molecule has 12 rings (SSSR count). The molecule has 0 aliphatic heterocycles. The van der Waals surface area contributed by atoms with Crippen molar-refractivity contribution in [3.63, 3.8) is 0 Å². The number of hydrogen-bond acceptors (Lipinski definition) is 8. The van der Waals surface area contributed by atoms with E-state index in [0.717, 1.165) is 89.1 Å². The Balaban J connectivity index is 0.000000154. The number of fused-ring (bicyclic) bond motifs is 6. The molecule has 0 atom stereocenters. The molecule has 368 valence electrons. The molecule has 0 aliphatic carbocycles. The third kappa shape index (κ3) is 12.5. The van der Waals surface area contributed by atoms with E-state index in [9.17, 15) is 0 Å². The molecule has 8 nitrogen and oxygen atoms in total. The van der Waals surface area contributed by atoms with Crippen LogP contribution >= 0.6 is 0 Å². The summed E-state index contributed by atoms with van der Waals surface area (Å²) < 4.78 is 50.9. The van der Waals surface area contributed by atoms with Gasteiger partial charge in [-0.15, -0.1) is 107 Å². The number of benzene rings is 4. The van der Waals surface area contributed by atoms with Crippen LogP contribution in [-0.2, 0) is 40.2 Å². The molecule has 10 heteroatoms. The van der Waals surface area contributed by atoms with Gasteiger partial charge in [0.15, 0.2) is 0 Å². The molecule has 0 fully saturated rings. The smallest absolute Gasteiger partial charge is 0.216 e. The largest absolute Gasteiger partial charge is 0.486 e. The van der Waals surface area contributed by atoms with Crippen LogP contribution in [-0.4, -0.2) is 29.9 Å². The first-order valence-corrected chi connectivity index (χ1v) is 23.1. The molecule has 0 bridgehead atoms. The van der Waals surface area contributed by atoms with Crippen LogP contribution in [0.15, 0.2) is 185 Å². The minimum Gasteiger partial charge on any atom is -0.486 e. The second-order valence-corrected chi connectivity index (χ2v) is 17.0. The van der Waals surface area contributed by atoms with Crippen molar-refractivity contribution in [2.45, 2.75) is 60.2 Å². The van der Waals surface area contributed by atoms with Gasteiger partial charge in [-0.1, -0.05) is 110 Å². The number of aryl methyl sites for hydroxylation is 3. The normalized spacial score (nSPS) is 12.2. The van der Waals surface area contributed by atoms with Gasteiger partial charge in [0.05, 0.1) is 11.2 Å². The number of furan rings is 2. The fourth-order valence-corrected chi connectivity index (χ4v) is 7.96. The summed E-state index contributed by atoms with van der Waals surface area (Å²) in [5, 5.41) is 3.71. The minimum atomic E-state index is -2.09. The van der Waals surface area contributed by atoms with E-state index in [1.807, 2.05) is 175 Å². The molecule has 0 aliphatic rings. The van der Waals surface area contributed by atoms with E-state index in [2.05, 4.69) is 54.2 Å². The average molecular weight is 1310 g/mol. The van der Waals surface area contributed by atoms with Crippen LogP contribution in [0.1, 0.15) is 74.4 Å². The van der Waals surface area contributed by atoms with Gasteiger partial charge in [0.1, 0.15) is 0 Å². The predicted molar refractivity (Wildman–Crippen MR) is 287 cm³/mol. The van der Waals surface area contributed by atoms with Gasteiger partial charge < -0.3 is 28.8 Å². The van der Waals surface area contributed by atoms with Gasteiger partial charge in [0, 0.05) is 94.0 Å². The maximum Gasteiger partial charge on any atom is 0.216 e. The molecule has 8 heterocycles. The predicted octanol–water partition coefficient (Wildman–Crippen LogP) is 16.0. The van der Waals surface area contributed by atoms with Crippen molar-refractivity contribution < 1.29 is 55.9 Å². The molecule has 4 aromatic carbocycles. The van der Waals surface area contributed by atoms with Crippen molar-refractivity contribution in [2.75, 3.05) is 0 Å². The molecule has 12 aromatic rings. The van der Waals surface area contributed by atoms with Gasteiger partial charge in [0.2, 0.25) is 11.4 Å². The summed E-state index contributed by atoms with van der Waals surface area (Å²) >= 11 is 0. The minimum absolute atomic E-state index is 0. The summed E-state index contributed by atoms with van der Waals surface area (Å²) in [5.41, 5.74) is 13.2. The fourth-order valence-electron chi connectivity index (χ4n) is 7.96. The molecule has 8 aromatic heterocycles. The first kappa shape index (κ1) is 46.7. The van der Waals surface area contributed by atoms with Crippen LogP contribution in [0.3, 0.4) is 0 Å². The van der Waals surface area contributed by atoms with Gasteiger partial charge in [0.25, 0.3) is 0 Å². The van der Waals surface area contributed by atoms with E-state index in [0.29, 0.717) is 22.6 Å². The van der Waals surface area contributed by atoms with Gasteiger partial charge in [-0.05, 0) is 91.5 Å². The van der Waals surface area contributed by atoms with Crippen LogP contribution in [0.2, 0.25) is 0 Å². The Bertz CT molecular complexity index is 3680. The first-order valence-electron chi connectivity index (χ1n) is 25.6. The molecule has 0 unspecified atom stereocenters. The Morgan fingerprint density at radius 3 is 1.29 bits per heavy atom. The molecule has 0 spiro atoms. The standard InChI is InChI=1S/2C20H17N2O.C12H10N.C11H8N.2Ir/c2*1-12(2)14-9-10-15(17-6-4-5-11-21-17)19-18(14)16-8-7-13(3)22-20(16)23-19;1-10-7-8-12(13-9-10)11-5-3-2-4-6-11;1-2-6-10(7-3-1)11-8-4-5-9-12-11;;/h2*4-9,11-12H,1-3H3;2-5,7-9H,1H3;1-6,8-9H;;/q4*-1;;/i2*12D;1D3;;;. The first-order chi connectivity index (χ1) is 36.4. The van der Waals surface area contributed by atoms with Crippen LogP contribution in [0.4, 0.5) is 0 Å². The summed E-state index contributed by atoms with van der Waals surface area (Å²) in [5.74, 6) is -1.53. The summed E-state index contributed by atoms with van der Waals surface area (Å²) in [4.78, 5) is 26.2. The summed E-state index contributed by atoms with van der Waals surface area (Å²) in [7, 11) is 0. The summed E-state index contributed by atoms with van der Waals surface area (Å²) in [6.45, 7) is 9.27. The van der Waals surface area contributed by atoms with E-state index in [4.69, 9.17) is 15.7 Å². The Labute approximate surface area is 461 Å². The Kier molecular flexibility index (Phi) is 15.9. The van der Waals surface area contributed by atoms with Crippen molar-refractivity contribution in [1.82, 2.24) is 29.9 Å². The van der Waals surface area contributed by atoms with Crippen LogP contribution in [0, 0.1) is 45.0 Å². The monoisotopic (exact) mass is 1320 g/mol. The maximum absolute atomic E-state index is 8.49. The zero-order valence-electron chi connectivity index (χ0n) is 45.9. The molecule has 0 saturated heterocycles. The van der Waals surface area contributed by atoms with Crippen LogP contribution < -0.4 is 0 Å². The topological polar surface area (TPSA) is 104 Å². The maximum atomic E-state index is 8.49. The van der Waals surface area contributed by atoms with E-state index < -0.39 is 18.6 Å². The van der Waals surface area contributed by atoms with E-state index in [-0.39, 0.29) is 45.8 Å². The van der Waals surface area contributed by atoms with Crippen molar-refractivity contribution in [3.05, 3.63) is 229 Å². The van der Waals surface area contributed by atoms with E-state index in [1.54, 1.807) is 36.8 Å². The van der Waals surface area contributed by atoms with Gasteiger partial charge >= 0.3 is 0 Å². The third-order valence-corrected chi connectivity index (χ3v) is 11.4. The Morgan fingerprint density at radius 2 is 0.918 bits per heavy atom. The SMILES string of the molecule is [2H]C(C)(C)c1c[c-]c(-c2ccccn2)c2oc3nc(C)ccc3c12.[2H]C(C)(C)c1c[c-]c(-c2ccccn2)c2oc3nc(C)ccc3c12.[2H]C([2H])([2H])c1ccc(-c2[c-]cccc2)nc1.[Ir].[Ir].[c-]1ccccc1-c1ccccn1. The van der Waals surface area contributed by atoms with Gasteiger partial charge in [-0.3, -0.25) is 0 Å². The zero-order valence-corrected chi connectivity index (χ0v) is 45.7. The molecular weight excluding hydrogens is 1260 g/mol. The van der Waals surface area contributed by atoms with Gasteiger partial charge in [-0.25, -0.2) is 9.97 Å². The summed E-state index contributed by atoms with van der Waals surface area (Å²) in [6, 6.07) is 60.4. The second kappa shape index (κ2) is 24.9. The number of hydrogen-bond donors (Lipinski definition) is 0. The van der Waals surface area contributed by atoms with Crippen molar-refractivity contribution in [1.29, 1.82) is 0 Å². The second-order valence-electron chi connectivity index (χ2n) is 17.0. The Hall–Kier alpha value is -7.32. The molecule has 73 heavy (non-hydrogen) atoms. The number of aromatic nitrogens is 6. The van der Waals surface area contributed by atoms with Crippen molar-refractivity contribution >= 4 is 44.1 Å². The number of pyridine rings is 6. The molecule has 0 amide bonds. The Morgan fingerprint density at radius 1 is 0.479 bits per heavy atom. The van der Waals surface area contributed by atoms with Crippen molar-refractivity contribution in [3.8, 4) is 45.0 Å².